The van der Waals surface area contributed by atoms with E-state index in [1.54, 1.807) is 0 Å². The molecule has 5 fully saturated rings. The molecule has 0 aromatic carbocycles. The van der Waals surface area contributed by atoms with Gasteiger partial charge in [0.2, 0.25) is 0 Å². The van der Waals surface area contributed by atoms with Crippen LogP contribution in [-0.4, -0.2) is 94.1 Å². The molecule has 11 nitrogen and oxygen atoms in total. The largest absolute Gasteiger partial charge is 0.397 e. The van der Waals surface area contributed by atoms with Crippen molar-refractivity contribution in [3.63, 3.8) is 0 Å². The molecule has 0 aromatic heterocycles. The zero-order valence-electron chi connectivity index (χ0n) is 26.9. The van der Waals surface area contributed by atoms with Crippen LogP contribution in [0.1, 0.15) is 92.4 Å². The fraction of sp³-hybridized carbons (Fsp3) is 1.00. The minimum atomic E-state index is -4.69. The summed E-state index contributed by atoms with van der Waals surface area (Å²) in [5.41, 5.74) is -0.406. The van der Waals surface area contributed by atoms with Crippen molar-refractivity contribution in [2.45, 2.75) is 141 Å². The molecule has 5 aliphatic rings. The van der Waals surface area contributed by atoms with Crippen LogP contribution >= 0.6 is 0 Å². The average molecular weight is 649 g/mol. The van der Waals surface area contributed by atoms with Gasteiger partial charge in [0, 0.05) is 0 Å². The van der Waals surface area contributed by atoms with E-state index in [2.05, 4.69) is 20.8 Å². The molecule has 256 valence electrons. The Bertz CT molecular complexity index is 1100. The van der Waals surface area contributed by atoms with E-state index in [9.17, 15) is 38.5 Å². The Morgan fingerprint density at radius 2 is 1.55 bits per heavy atom. The molecule has 1 aliphatic heterocycles. The lowest BCUT2D eigenvalue weighted by Crippen LogP contribution is -2.59. The van der Waals surface area contributed by atoms with Crippen molar-refractivity contribution in [3.05, 3.63) is 0 Å². The number of rotatable bonds is 9. The molecule has 0 aromatic rings. The molecule has 0 radical (unpaired) electrons. The molecule has 16 atom stereocenters. The summed E-state index contributed by atoms with van der Waals surface area (Å²) >= 11 is 0. The maximum atomic E-state index is 12.1. The first-order chi connectivity index (χ1) is 20.5. The van der Waals surface area contributed by atoms with Gasteiger partial charge in [-0.2, -0.15) is 8.42 Å². The molecule has 12 heteroatoms. The summed E-state index contributed by atoms with van der Waals surface area (Å²) in [5.74, 6) is 0.540. The molecule has 1 heterocycles. The quantitative estimate of drug-likeness (QED) is 0.202. The van der Waals surface area contributed by atoms with Gasteiger partial charge in [0.1, 0.15) is 18.3 Å². The van der Waals surface area contributed by atoms with Crippen molar-refractivity contribution < 1.29 is 52.2 Å². The lowest BCUT2D eigenvalue weighted by molar-refractivity contribution is -0.286. The number of hydrogen-bond donors (Lipinski definition) is 6. The van der Waals surface area contributed by atoms with E-state index in [0.717, 1.165) is 25.7 Å². The molecular formula is C32H56O11S. The SMILES string of the molecule is CC(C)[C@H](CC[C@@H](C)[C@H]1CC(OS(=O)(=O)O)C2C3C[C@H](O)C4C[C@@H](O)CC[C@]4(C)C3CC[C@@]21C)OC1OCC(O)C(O)C1O. The maximum absolute atomic E-state index is 12.1. The van der Waals surface area contributed by atoms with Crippen LogP contribution in [0, 0.1) is 52.3 Å². The maximum Gasteiger partial charge on any atom is 0.397 e. The van der Waals surface area contributed by atoms with Crippen LogP contribution in [0.25, 0.3) is 0 Å². The molecule has 9 unspecified atom stereocenters. The van der Waals surface area contributed by atoms with Gasteiger partial charge in [-0.05, 0) is 110 Å². The lowest BCUT2D eigenvalue weighted by atomic mass is 9.43. The van der Waals surface area contributed by atoms with Crippen LogP contribution in [0.5, 0.6) is 0 Å². The van der Waals surface area contributed by atoms with Gasteiger partial charge in [0.05, 0.1) is 31.0 Å². The number of hydrogen-bond acceptors (Lipinski definition) is 10. The Morgan fingerprint density at radius 1 is 0.864 bits per heavy atom. The number of fused-ring (bicyclic) bond motifs is 5. The second-order valence-electron chi connectivity index (χ2n) is 15.8. The zero-order chi connectivity index (χ0) is 32.4. The molecule has 0 bridgehead atoms. The second-order valence-corrected chi connectivity index (χ2v) is 16.9. The summed E-state index contributed by atoms with van der Waals surface area (Å²) in [6.45, 7) is 10.6. The van der Waals surface area contributed by atoms with E-state index in [4.69, 9.17) is 13.7 Å². The van der Waals surface area contributed by atoms with Crippen LogP contribution < -0.4 is 0 Å². The highest BCUT2D eigenvalue weighted by Crippen LogP contribution is 2.69. The van der Waals surface area contributed by atoms with Crippen LogP contribution in [-0.2, 0) is 24.1 Å². The fourth-order valence-corrected chi connectivity index (χ4v) is 11.3. The lowest BCUT2D eigenvalue weighted by Gasteiger charge is -2.62. The molecule has 0 spiro atoms. The van der Waals surface area contributed by atoms with Gasteiger partial charge in [0.15, 0.2) is 6.29 Å². The van der Waals surface area contributed by atoms with E-state index in [0.29, 0.717) is 32.1 Å². The third kappa shape index (κ3) is 6.51. The first-order valence-corrected chi connectivity index (χ1v) is 18.2. The standard InChI is InChI=1S/C32H56O11S/c1-16(2)25(42-30-29(37)28(36)24(35)15-41-30)7-6-17(3)21-14-26(43-44(38,39)40)27-19-13-23(34)22-12-18(33)8-10-31(22,4)20(19)9-11-32(21,27)5/h16-30,33-37H,6-15H2,1-5H3,(H,38,39,40)/t17-,18+,19?,20?,21-,22?,23+,24?,25+,26?,27?,28?,29?,30?,31-,32-/m1/s1. The van der Waals surface area contributed by atoms with E-state index < -0.39 is 53.3 Å². The highest BCUT2D eigenvalue weighted by molar-refractivity contribution is 7.80. The Hall–Kier alpha value is -0.410. The normalized spacial score (nSPS) is 49.2. The molecule has 44 heavy (non-hydrogen) atoms. The van der Waals surface area contributed by atoms with E-state index in [1.807, 2.05) is 13.8 Å². The average Bonchev–Trinajstić information content (AvgIpc) is 3.22. The van der Waals surface area contributed by atoms with Crippen molar-refractivity contribution in [1.29, 1.82) is 0 Å². The van der Waals surface area contributed by atoms with Crippen LogP contribution in [0.4, 0.5) is 0 Å². The number of aliphatic hydroxyl groups excluding tert-OH is 5. The predicted octanol–water partition coefficient (Wildman–Crippen LogP) is 2.67. The van der Waals surface area contributed by atoms with E-state index in [-0.39, 0.29) is 65.0 Å². The fourth-order valence-electron chi connectivity index (χ4n) is 10.8. The van der Waals surface area contributed by atoms with Gasteiger partial charge in [0.25, 0.3) is 0 Å². The third-order valence-electron chi connectivity index (χ3n) is 13.0. The Kier molecular flexibility index (Phi) is 10.2. The van der Waals surface area contributed by atoms with E-state index >= 15 is 0 Å². The molecule has 5 rings (SSSR count). The van der Waals surface area contributed by atoms with Crippen molar-refractivity contribution in [2.24, 2.45) is 52.3 Å². The molecule has 4 aliphatic carbocycles. The minimum absolute atomic E-state index is 0.0120. The van der Waals surface area contributed by atoms with Crippen molar-refractivity contribution in [3.8, 4) is 0 Å². The monoisotopic (exact) mass is 648 g/mol. The van der Waals surface area contributed by atoms with E-state index in [1.165, 1.54) is 0 Å². The van der Waals surface area contributed by atoms with Gasteiger partial charge in [-0.3, -0.25) is 4.55 Å². The molecule has 0 amide bonds. The highest BCUT2D eigenvalue weighted by Gasteiger charge is 2.65. The van der Waals surface area contributed by atoms with Crippen LogP contribution in [0.15, 0.2) is 0 Å². The zero-order valence-corrected chi connectivity index (χ0v) is 27.7. The van der Waals surface area contributed by atoms with Crippen LogP contribution in [0.3, 0.4) is 0 Å². The summed E-state index contributed by atoms with van der Waals surface area (Å²) in [6, 6.07) is 0. The Balaban J connectivity index is 1.34. The predicted molar refractivity (Wildman–Crippen MR) is 160 cm³/mol. The smallest absolute Gasteiger partial charge is 0.393 e. The van der Waals surface area contributed by atoms with Gasteiger partial charge >= 0.3 is 10.4 Å². The van der Waals surface area contributed by atoms with Gasteiger partial charge in [-0.1, -0.05) is 34.6 Å². The third-order valence-corrected chi connectivity index (χ3v) is 13.5. The summed E-state index contributed by atoms with van der Waals surface area (Å²) in [4.78, 5) is 0. The van der Waals surface area contributed by atoms with Crippen molar-refractivity contribution >= 4 is 10.4 Å². The van der Waals surface area contributed by atoms with Crippen molar-refractivity contribution in [1.82, 2.24) is 0 Å². The molecular weight excluding hydrogens is 592 g/mol. The summed E-state index contributed by atoms with van der Waals surface area (Å²) in [6.07, 6.45) is -0.441. The topological polar surface area (TPSA) is 183 Å². The van der Waals surface area contributed by atoms with Crippen LogP contribution in [0.2, 0.25) is 0 Å². The summed E-state index contributed by atoms with van der Waals surface area (Å²) in [7, 11) is -4.69. The first-order valence-electron chi connectivity index (χ1n) is 16.8. The molecule has 1 saturated heterocycles. The minimum Gasteiger partial charge on any atom is -0.393 e. The van der Waals surface area contributed by atoms with Gasteiger partial charge in [-0.15, -0.1) is 0 Å². The molecule has 4 saturated carbocycles. The second kappa shape index (κ2) is 12.9. The Morgan fingerprint density at radius 3 is 2.20 bits per heavy atom. The Labute approximate surface area is 262 Å². The first kappa shape index (κ1) is 34.9. The summed E-state index contributed by atoms with van der Waals surface area (Å²) in [5, 5.41) is 52.2. The van der Waals surface area contributed by atoms with Gasteiger partial charge < -0.3 is 35.0 Å². The summed E-state index contributed by atoms with van der Waals surface area (Å²) < 4.78 is 51.2. The number of aliphatic hydroxyl groups is 5. The number of ether oxygens (including phenoxy) is 2. The highest BCUT2D eigenvalue weighted by atomic mass is 32.3. The molecule has 6 N–H and O–H groups in total. The van der Waals surface area contributed by atoms with Crippen molar-refractivity contribution in [2.75, 3.05) is 6.61 Å². The van der Waals surface area contributed by atoms with Gasteiger partial charge in [-0.25, -0.2) is 4.18 Å².